The second-order valence-corrected chi connectivity index (χ2v) is 6.13. The Hall–Kier alpha value is -1.81. The number of aromatic nitrogens is 2. The quantitative estimate of drug-likeness (QED) is 0.943. The number of benzene rings is 1. The third kappa shape index (κ3) is 3.10. The fourth-order valence-electron chi connectivity index (χ4n) is 2.14. The van der Waals surface area contributed by atoms with E-state index in [-0.39, 0.29) is 22.0 Å². The summed E-state index contributed by atoms with van der Waals surface area (Å²) in [5, 5.41) is 7.48. The third-order valence-electron chi connectivity index (χ3n) is 4.05. The number of anilines is 1. The van der Waals surface area contributed by atoms with Crippen molar-refractivity contribution in [1.82, 2.24) is 9.78 Å². The standard InChI is InChI=1S/C16H20ClN3O/c1-11(16(2,3)12-8-6-5-7-9-12)19-13-10-18-20(4)15(21)14(13)17/h5-11,19H,1-4H3. The van der Waals surface area contributed by atoms with Crippen LogP contribution in [-0.4, -0.2) is 15.8 Å². The number of rotatable bonds is 4. The van der Waals surface area contributed by atoms with Crippen molar-refractivity contribution < 1.29 is 0 Å². The summed E-state index contributed by atoms with van der Waals surface area (Å²) in [5.41, 5.74) is 1.37. The molecule has 0 aliphatic rings. The molecule has 0 amide bonds. The van der Waals surface area contributed by atoms with Crippen molar-refractivity contribution in [3.63, 3.8) is 0 Å². The normalized spacial score (nSPS) is 13.0. The van der Waals surface area contributed by atoms with Crippen molar-refractivity contribution in [2.24, 2.45) is 7.05 Å². The molecule has 0 saturated heterocycles. The van der Waals surface area contributed by atoms with Crippen LogP contribution in [0, 0.1) is 0 Å². The highest BCUT2D eigenvalue weighted by atomic mass is 35.5. The van der Waals surface area contributed by atoms with E-state index in [2.05, 4.69) is 43.3 Å². The molecule has 1 aromatic carbocycles. The van der Waals surface area contributed by atoms with E-state index in [0.717, 1.165) is 0 Å². The maximum atomic E-state index is 11.8. The van der Waals surface area contributed by atoms with Gasteiger partial charge in [0.2, 0.25) is 0 Å². The van der Waals surface area contributed by atoms with Gasteiger partial charge >= 0.3 is 0 Å². The van der Waals surface area contributed by atoms with Crippen LogP contribution in [0.15, 0.2) is 41.3 Å². The molecule has 1 N–H and O–H groups in total. The lowest BCUT2D eigenvalue weighted by Gasteiger charge is -2.33. The largest absolute Gasteiger partial charge is 0.379 e. The van der Waals surface area contributed by atoms with Crippen LogP contribution in [0.3, 0.4) is 0 Å². The van der Waals surface area contributed by atoms with E-state index in [4.69, 9.17) is 11.6 Å². The highest BCUT2D eigenvalue weighted by Gasteiger charge is 2.28. The monoisotopic (exact) mass is 305 g/mol. The smallest absolute Gasteiger partial charge is 0.287 e. The predicted molar refractivity (Wildman–Crippen MR) is 87.0 cm³/mol. The van der Waals surface area contributed by atoms with E-state index >= 15 is 0 Å². The lowest BCUT2D eigenvalue weighted by molar-refractivity contribution is 0.457. The molecule has 5 heteroatoms. The summed E-state index contributed by atoms with van der Waals surface area (Å²) in [6.07, 6.45) is 1.58. The maximum absolute atomic E-state index is 11.8. The summed E-state index contributed by atoms with van der Waals surface area (Å²) < 4.78 is 1.22. The van der Waals surface area contributed by atoms with Crippen molar-refractivity contribution >= 4 is 17.3 Å². The summed E-state index contributed by atoms with van der Waals surface area (Å²) >= 11 is 6.10. The molecule has 0 fully saturated rings. The Morgan fingerprint density at radius 1 is 1.29 bits per heavy atom. The minimum absolute atomic E-state index is 0.0753. The lowest BCUT2D eigenvalue weighted by atomic mass is 9.78. The zero-order valence-electron chi connectivity index (χ0n) is 12.7. The van der Waals surface area contributed by atoms with Crippen molar-refractivity contribution in [2.75, 3.05) is 5.32 Å². The molecule has 112 valence electrons. The maximum Gasteiger partial charge on any atom is 0.287 e. The number of nitrogens with one attached hydrogen (secondary N) is 1. The number of hydrogen-bond donors (Lipinski definition) is 1. The summed E-state index contributed by atoms with van der Waals surface area (Å²) in [4.78, 5) is 11.8. The van der Waals surface area contributed by atoms with Crippen molar-refractivity contribution in [1.29, 1.82) is 0 Å². The topological polar surface area (TPSA) is 46.9 Å². The van der Waals surface area contributed by atoms with E-state index < -0.39 is 0 Å². The van der Waals surface area contributed by atoms with Gasteiger partial charge in [0.05, 0.1) is 11.9 Å². The second kappa shape index (κ2) is 5.90. The van der Waals surface area contributed by atoms with Crippen LogP contribution in [-0.2, 0) is 12.5 Å². The first-order valence-corrected chi connectivity index (χ1v) is 7.25. The van der Waals surface area contributed by atoms with Crippen LogP contribution >= 0.6 is 11.6 Å². The number of aryl methyl sites for hydroxylation is 1. The van der Waals surface area contributed by atoms with Gasteiger partial charge in [0.15, 0.2) is 0 Å². The molecule has 1 atom stereocenters. The molecule has 0 saturated carbocycles. The Morgan fingerprint density at radius 3 is 2.52 bits per heavy atom. The van der Waals surface area contributed by atoms with Crippen LogP contribution < -0.4 is 10.9 Å². The van der Waals surface area contributed by atoms with Crippen LogP contribution in [0.25, 0.3) is 0 Å². The first kappa shape index (κ1) is 15.6. The Bertz CT molecular complexity index is 680. The van der Waals surface area contributed by atoms with E-state index in [1.54, 1.807) is 13.2 Å². The zero-order chi connectivity index (χ0) is 15.6. The van der Waals surface area contributed by atoms with Gasteiger partial charge in [0.25, 0.3) is 5.56 Å². The summed E-state index contributed by atoms with van der Waals surface area (Å²) in [6.45, 7) is 6.38. The van der Waals surface area contributed by atoms with E-state index in [1.807, 2.05) is 18.2 Å². The Labute approximate surface area is 129 Å². The average Bonchev–Trinajstić information content (AvgIpc) is 2.48. The molecule has 0 aliphatic carbocycles. The molecule has 0 radical (unpaired) electrons. The molecule has 2 aromatic rings. The van der Waals surface area contributed by atoms with E-state index in [1.165, 1.54) is 10.2 Å². The van der Waals surface area contributed by atoms with Crippen molar-refractivity contribution in [3.8, 4) is 0 Å². The molecule has 4 nitrogen and oxygen atoms in total. The fourth-order valence-corrected chi connectivity index (χ4v) is 2.37. The Kier molecular flexibility index (Phi) is 4.37. The van der Waals surface area contributed by atoms with Gasteiger partial charge in [-0.05, 0) is 12.5 Å². The molecule has 0 aliphatic heterocycles. The van der Waals surface area contributed by atoms with Crippen LogP contribution in [0.2, 0.25) is 5.02 Å². The lowest BCUT2D eigenvalue weighted by Crippen LogP contribution is -2.38. The number of hydrogen-bond acceptors (Lipinski definition) is 3. The highest BCUT2D eigenvalue weighted by molar-refractivity contribution is 6.32. The predicted octanol–water partition coefficient (Wildman–Crippen LogP) is 3.21. The molecular weight excluding hydrogens is 286 g/mol. The SMILES string of the molecule is CC(Nc1cnn(C)c(=O)c1Cl)C(C)(C)c1ccccc1. The summed E-state index contributed by atoms with van der Waals surface area (Å²) in [5.74, 6) is 0. The fraction of sp³-hybridized carbons (Fsp3) is 0.375. The molecule has 2 rings (SSSR count). The van der Waals surface area contributed by atoms with Crippen molar-refractivity contribution in [3.05, 3.63) is 57.5 Å². The summed E-state index contributed by atoms with van der Waals surface area (Å²) in [6, 6.07) is 10.3. The zero-order valence-corrected chi connectivity index (χ0v) is 13.5. The molecule has 1 unspecified atom stereocenters. The first-order valence-electron chi connectivity index (χ1n) is 6.88. The van der Waals surface area contributed by atoms with Crippen LogP contribution in [0.5, 0.6) is 0 Å². The van der Waals surface area contributed by atoms with Crippen molar-refractivity contribution in [2.45, 2.75) is 32.2 Å². The van der Waals surface area contributed by atoms with Crippen LogP contribution in [0.1, 0.15) is 26.3 Å². The molecule has 1 aromatic heterocycles. The molecule has 1 heterocycles. The minimum Gasteiger partial charge on any atom is -0.379 e. The molecule has 21 heavy (non-hydrogen) atoms. The minimum atomic E-state index is -0.300. The number of halogens is 1. The first-order chi connectivity index (χ1) is 9.84. The number of nitrogens with zero attached hydrogens (tertiary/aromatic N) is 2. The highest BCUT2D eigenvalue weighted by Crippen LogP contribution is 2.30. The molecular formula is C16H20ClN3O. The summed E-state index contributed by atoms with van der Waals surface area (Å²) in [7, 11) is 1.58. The van der Waals surface area contributed by atoms with Gasteiger partial charge in [0.1, 0.15) is 5.02 Å². The van der Waals surface area contributed by atoms with E-state index in [0.29, 0.717) is 5.69 Å². The van der Waals surface area contributed by atoms with Gasteiger partial charge in [0, 0.05) is 18.5 Å². The average molecular weight is 306 g/mol. The van der Waals surface area contributed by atoms with E-state index in [9.17, 15) is 4.79 Å². The Morgan fingerprint density at radius 2 is 1.90 bits per heavy atom. The Balaban J connectivity index is 2.28. The van der Waals surface area contributed by atoms with Gasteiger partial charge in [-0.2, -0.15) is 5.10 Å². The van der Waals surface area contributed by atoms with Gasteiger partial charge in [-0.15, -0.1) is 0 Å². The third-order valence-corrected chi connectivity index (χ3v) is 4.42. The molecule has 0 bridgehead atoms. The van der Waals surface area contributed by atoms with Gasteiger partial charge in [-0.1, -0.05) is 55.8 Å². The molecule has 0 spiro atoms. The van der Waals surface area contributed by atoms with Gasteiger partial charge in [-0.25, -0.2) is 4.68 Å². The second-order valence-electron chi connectivity index (χ2n) is 5.75. The van der Waals surface area contributed by atoms with Gasteiger partial charge < -0.3 is 5.32 Å². The van der Waals surface area contributed by atoms with Crippen LogP contribution in [0.4, 0.5) is 5.69 Å². The van der Waals surface area contributed by atoms with Gasteiger partial charge in [-0.3, -0.25) is 4.79 Å².